The molecule has 5 nitrogen and oxygen atoms in total. The number of hydrogen-bond acceptors (Lipinski definition) is 4. The third-order valence-corrected chi connectivity index (χ3v) is 4.59. The van der Waals surface area contributed by atoms with E-state index in [-0.39, 0.29) is 18.1 Å². The van der Waals surface area contributed by atoms with E-state index in [1.54, 1.807) is 0 Å². The fraction of sp³-hybridized carbons (Fsp3) is 0.409. The van der Waals surface area contributed by atoms with E-state index in [0.29, 0.717) is 19.7 Å². The second kappa shape index (κ2) is 9.53. The maximum atomic E-state index is 12.4. The van der Waals surface area contributed by atoms with Crippen LogP contribution in [0.1, 0.15) is 25.0 Å². The van der Waals surface area contributed by atoms with E-state index in [0.717, 1.165) is 30.0 Å². The first-order valence-corrected chi connectivity index (χ1v) is 9.49. The minimum Gasteiger partial charge on any atom is -0.489 e. The van der Waals surface area contributed by atoms with Crippen LogP contribution < -0.4 is 10.1 Å². The number of carbonyl (C=O) groups is 1. The summed E-state index contributed by atoms with van der Waals surface area (Å²) in [7, 11) is 0. The number of nitrogens with zero attached hydrogens (tertiary/aromatic N) is 1. The van der Waals surface area contributed by atoms with Crippen LogP contribution in [-0.4, -0.2) is 42.6 Å². The summed E-state index contributed by atoms with van der Waals surface area (Å²) in [5.74, 6) is 0.877. The SMILES string of the molecule is CC1CN(CC(=O)NCc2ccccc2COc2ccccc2)CC(C)O1. The molecular formula is C22H28N2O3. The zero-order valence-corrected chi connectivity index (χ0v) is 16.1. The molecule has 0 radical (unpaired) electrons. The molecule has 1 heterocycles. The van der Waals surface area contributed by atoms with Crippen molar-refractivity contribution in [1.29, 1.82) is 0 Å². The Morgan fingerprint density at radius 2 is 1.67 bits per heavy atom. The number of hydrogen-bond donors (Lipinski definition) is 1. The summed E-state index contributed by atoms with van der Waals surface area (Å²) < 4.78 is 11.6. The normalized spacial score (nSPS) is 20.2. The van der Waals surface area contributed by atoms with Crippen molar-refractivity contribution in [3.63, 3.8) is 0 Å². The molecule has 1 fully saturated rings. The average molecular weight is 368 g/mol. The van der Waals surface area contributed by atoms with Crippen LogP contribution in [0, 0.1) is 0 Å². The highest BCUT2D eigenvalue weighted by Crippen LogP contribution is 2.15. The molecule has 2 atom stereocenters. The summed E-state index contributed by atoms with van der Waals surface area (Å²) in [5, 5.41) is 3.04. The molecule has 1 saturated heterocycles. The van der Waals surface area contributed by atoms with Gasteiger partial charge in [-0.3, -0.25) is 9.69 Å². The first kappa shape index (κ1) is 19.4. The third kappa shape index (κ3) is 6.08. The Morgan fingerprint density at radius 3 is 2.37 bits per heavy atom. The monoisotopic (exact) mass is 368 g/mol. The van der Waals surface area contributed by atoms with Crippen molar-refractivity contribution >= 4 is 5.91 Å². The standard InChI is InChI=1S/C22H28N2O3/c1-17-13-24(14-18(2)27-17)15-22(25)23-12-19-8-6-7-9-20(19)16-26-21-10-4-3-5-11-21/h3-11,17-18H,12-16H2,1-2H3,(H,23,25). The minimum absolute atomic E-state index is 0.0371. The largest absolute Gasteiger partial charge is 0.489 e. The van der Waals surface area contributed by atoms with Crippen molar-refractivity contribution in [2.75, 3.05) is 19.6 Å². The van der Waals surface area contributed by atoms with Crippen LogP contribution in [-0.2, 0) is 22.7 Å². The smallest absolute Gasteiger partial charge is 0.234 e. The predicted octanol–water partition coefficient (Wildman–Crippen LogP) is 2.99. The molecule has 27 heavy (non-hydrogen) atoms. The van der Waals surface area contributed by atoms with Crippen molar-refractivity contribution in [2.45, 2.75) is 39.2 Å². The molecule has 2 aromatic carbocycles. The van der Waals surface area contributed by atoms with Gasteiger partial charge < -0.3 is 14.8 Å². The fourth-order valence-corrected chi connectivity index (χ4v) is 3.41. The van der Waals surface area contributed by atoms with Gasteiger partial charge in [0.1, 0.15) is 12.4 Å². The minimum atomic E-state index is 0.0371. The Hall–Kier alpha value is -2.37. The van der Waals surface area contributed by atoms with E-state index < -0.39 is 0 Å². The van der Waals surface area contributed by atoms with Crippen LogP contribution in [0.4, 0.5) is 0 Å². The first-order valence-electron chi connectivity index (χ1n) is 9.49. The van der Waals surface area contributed by atoms with Crippen molar-refractivity contribution < 1.29 is 14.3 Å². The van der Waals surface area contributed by atoms with E-state index in [1.807, 2.05) is 68.4 Å². The first-order chi connectivity index (χ1) is 13.1. The van der Waals surface area contributed by atoms with E-state index >= 15 is 0 Å². The molecule has 0 aromatic heterocycles. The second-order valence-electron chi connectivity index (χ2n) is 7.10. The van der Waals surface area contributed by atoms with Crippen molar-refractivity contribution in [3.05, 3.63) is 65.7 Å². The zero-order chi connectivity index (χ0) is 19.1. The molecular weight excluding hydrogens is 340 g/mol. The number of para-hydroxylation sites is 1. The van der Waals surface area contributed by atoms with Gasteiger partial charge in [-0.05, 0) is 37.1 Å². The van der Waals surface area contributed by atoms with Crippen LogP contribution in [0.2, 0.25) is 0 Å². The highest BCUT2D eigenvalue weighted by atomic mass is 16.5. The molecule has 2 aromatic rings. The number of ether oxygens (including phenoxy) is 2. The van der Waals surface area contributed by atoms with Crippen LogP contribution in [0.25, 0.3) is 0 Å². The molecule has 1 amide bonds. The molecule has 1 aliphatic rings. The second-order valence-corrected chi connectivity index (χ2v) is 7.10. The van der Waals surface area contributed by atoms with Gasteiger partial charge in [0.25, 0.3) is 0 Å². The van der Waals surface area contributed by atoms with Gasteiger partial charge in [-0.2, -0.15) is 0 Å². The van der Waals surface area contributed by atoms with Crippen molar-refractivity contribution in [3.8, 4) is 5.75 Å². The van der Waals surface area contributed by atoms with Crippen LogP contribution in [0.15, 0.2) is 54.6 Å². The lowest BCUT2D eigenvalue weighted by Gasteiger charge is -2.34. The fourth-order valence-electron chi connectivity index (χ4n) is 3.41. The van der Waals surface area contributed by atoms with Crippen LogP contribution in [0.3, 0.4) is 0 Å². The summed E-state index contributed by atoms with van der Waals surface area (Å²) >= 11 is 0. The maximum Gasteiger partial charge on any atom is 0.234 e. The summed E-state index contributed by atoms with van der Waals surface area (Å²) in [5.41, 5.74) is 2.15. The Labute approximate surface area is 161 Å². The molecule has 0 spiro atoms. The van der Waals surface area contributed by atoms with Gasteiger partial charge in [-0.1, -0.05) is 42.5 Å². The predicted molar refractivity (Wildman–Crippen MR) is 106 cm³/mol. The highest BCUT2D eigenvalue weighted by molar-refractivity contribution is 5.78. The van der Waals surface area contributed by atoms with E-state index in [1.165, 1.54) is 0 Å². The van der Waals surface area contributed by atoms with E-state index in [4.69, 9.17) is 9.47 Å². The third-order valence-electron chi connectivity index (χ3n) is 4.59. The molecule has 5 heteroatoms. The molecule has 144 valence electrons. The quantitative estimate of drug-likeness (QED) is 0.816. The van der Waals surface area contributed by atoms with Gasteiger partial charge in [0, 0.05) is 19.6 Å². The van der Waals surface area contributed by atoms with Gasteiger partial charge in [-0.15, -0.1) is 0 Å². The Morgan fingerprint density at radius 1 is 1.04 bits per heavy atom. The van der Waals surface area contributed by atoms with Gasteiger partial charge in [0.15, 0.2) is 0 Å². The summed E-state index contributed by atoms with van der Waals surface area (Å²) in [6.45, 7) is 7.06. The number of rotatable bonds is 7. The Kier molecular flexibility index (Phi) is 6.85. The Balaban J connectivity index is 1.51. The zero-order valence-electron chi connectivity index (χ0n) is 16.1. The molecule has 2 unspecified atom stereocenters. The molecule has 3 rings (SSSR count). The number of benzene rings is 2. The topological polar surface area (TPSA) is 50.8 Å². The van der Waals surface area contributed by atoms with Crippen molar-refractivity contribution in [1.82, 2.24) is 10.2 Å². The lowest BCUT2D eigenvalue weighted by atomic mass is 10.1. The number of nitrogens with one attached hydrogen (secondary N) is 1. The van der Waals surface area contributed by atoms with Gasteiger partial charge >= 0.3 is 0 Å². The summed E-state index contributed by atoms with van der Waals surface area (Å²) in [6, 6.07) is 17.8. The molecule has 0 saturated carbocycles. The van der Waals surface area contributed by atoms with E-state index in [2.05, 4.69) is 10.2 Å². The molecule has 1 N–H and O–H groups in total. The lowest BCUT2D eigenvalue weighted by Crippen LogP contribution is -2.49. The van der Waals surface area contributed by atoms with Gasteiger partial charge in [-0.25, -0.2) is 0 Å². The summed E-state index contributed by atoms with van der Waals surface area (Å²) in [6.07, 6.45) is 0.329. The highest BCUT2D eigenvalue weighted by Gasteiger charge is 2.23. The Bertz CT molecular complexity index is 725. The number of morpholine rings is 1. The average Bonchev–Trinajstić information content (AvgIpc) is 2.65. The molecule has 1 aliphatic heterocycles. The number of amides is 1. The van der Waals surface area contributed by atoms with Gasteiger partial charge in [0.05, 0.1) is 18.8 Å². The van der Waals surface area contributed by atoms with E-state index in [9.17, 15) is 4.79 Å². The summed E-state index contributed by atoms with van der Waals surface area (Å²) in [4.78, 5) is 14.5. The number of carbonyl (C=O) groups excluding carboxylic acids is 1. The van der Waals surface area contributed by atoms with Crippen molar-refractivity contribution in [2.24, 2.45) is 0 Å². The molecule has 0 bridgehead atoms. The maximum absolute atomic E-state index is 12.4. The molecule has 0 aliphatic carbocycles. The van der Waals surface area contributed by atoms with Crippen LogP contribution in [0.5, 0.6) is 5.75 Å². The van der Waals surface area contributed by atoms with Gasteiger partial charge in [0.2, 0.25) is 5.91 Å². The lowest BCUT2D eigenvalue weighted by molar-refractivity contribution is -0.126. The van der Waals surface area contributed by atoms with Crippen LogP contribution >= 0.6 is 0 Å².